The molecule has 0 aliphatic heterocycles. The second kappa shape index (κ2) is 5.17. The number of aryl methyl sites for hydroxylation is 1. The molecule has 0 spiro atoms. The second-order valence-corrected chi connectivity index (χ2v) is 4.09. The van der Waals surface area contributed by atoms with Crippen LogP contribution < -0.4 is 4.74 Å². The molecule has 1 aromatic carbocycles. The van der Waals surface area contributed by atoms with E-state index in [4.69, 9.17) is 16.3 Å². The summed E-state index contributed by atoms with van der Waals surface area (Å²) >= 11 is 5.98. The van der Waals surface area contributed by atoms with E-state index in [-0.39, 0.29) is 5.92 Å². The molecule has 15 heavy (non-hydrogen) atoms. The first kappa shape index (κ1) is 12.1. The number of carbonyl (C=O) groups is 1. The van der Waals surface area contributed by atoms with Gasteiger partial charge in [0.1, 0.15) is 12.0 Å². The van der Waals surface area contributed by atoms with Crippen LogP contribution in [-0.2, 0) is 4.79 Å². The van der Waals surface area contributed by atoms with E-state index in [1.807, 2.05) is 26.0 Å². The zero-order valence-electron chi connectivity index (χ0n) is 9.21. The Bertz CT molecular complexity index is 361. The number of rotatable bonds is 4. The molecule has 2 nitrogen and oxygen atoms in total. The van der Waals surface area contributed by atoms with Gasteiger partial charge < -0.3 is 9.53 Å². The molecule has 0 aliphatic rings. The van der Waals surface area contributed by atoms with Crippen LogP contribution in [0.3, 0.4) is 0 Å². The first-order chi connectivity index (χ1) is 7.10. The van der Waals surface area contributed by atoms with Gasteiger partial charge in [0.25, 0.3) is 0 Å². The fourth-order valence-corrected chi connectivity index (χ4v) is 1.95. The average Bonchev–Trinajstić information content (AvgIpc) is 2.17. The van der Waals surface area contributed by atoms with Crippen molar-refractivity contribution in [2.45, 2.75) is 26.2 Å². The fraction of sp³-hybridized carbons (Fsp3) is 0.417. The quantitative estimate of drug-likeness (QED) is 0.736. The molecule has 0 aliphatic carbocycles. The van der Waals surface area contributed by atoms with Gasteiger partial charge in [-0.15, -0.1) is 0 Å². The number of carbonyl (C=O) groups excluding carboxylic acids is 1. The van der Waals surface area contributed by atoms with E-state index in [9.17, 15) is 4.79 Å². The Labute approximate surface area is 95.2 Å². The van der Waals surface area contributed by atoms with Crippen LogP contribution in [0.2, 0.25) is 5.02 Å². The second-order valence-electron chi connectivity index (χ2n) is 3.65. The van der Waals surface area contributed by atoms with Crippen LogP contribution in [-0.4, -0.2) is 13.4 Å². The van der Waals surface area contributed by atoms with Crippen LogP contribution >= 0.6 is 11.6 Å². The molecule has 3 heteroatoms. The molecule has 0 aromatic heterocycles. The molecule has 1 unspecified atom stereocenters. The molecule has 0 bridgehead atoms. The SMILES string of the molecule is COc1c(C)cc(Cl)cc1C(C)CC=O. The third kappa shape index (κ3) is 2.72. The largest absolute Gasteiger partial charge is 0.496 e. The Balaban J connectivity index is 3.19. The van der Waals surface area contributed by atoms with Gasteiger partial charge >= 0.3 is 0 Å². The molecule has 1 atom stereocenters. The van der Waals surface area contributed by atoms with Crippen molar-refractivity contribution in [1.29, 1.82) is 0 Å². The van der Waals surface area contributed by atoms with Crippen molar-refractivity contribution < 1.29 is 9.53 Å². The van der Waals surface area contributed by atoms with Crippen LogP contribution in [0.15, 0.2) is 12.1 Å². The van der Waals surface area contributed by atoms with Crippen molar-refractivity contribution in [1.82, 2.24) is 0 Å². The molecule has 0 heterocycles. The fourth-order valence-electron chi connectivity index (χ4n) is 1.67. The van der Waals surface area contributed by atoms with Gasteiger partial charge in [0.15, 0.2) is 0 Å². The van der Waals surface area contributed by atoms with Crippen molar-refractivity contribution in [3.63, 3.8) is 0 Å². The van der Waals surface area contributed by atoms with Crippen LogP contribution in [0.5, 0.6) is 5.75 Å². The lowest BCUT2D eigenvalue weighted by atomic mass is 9.95. The highest BCUT2D eigenvalue weighted by Gasteiger charge is 2.14. The number of benzene rings is 1. The van der Waals surface area contributed by atoms with Gasteiger partial charge in [-0.25, -0.2) is 0 Å². The number of hydrogen-bond donors (Lipinski definition) is 0. The average molecular weight is 227 g/mol. The summed E-state index contributed by atoms with van der Waals surface area (Å²) in [7, 11) is 1.63. The van der Waals surface area contributed by atoms with E-state index in [2.05, 4.69) is 0 Å². The number of hydrogen-bond acceptors (Lipinski definition) is 2. The van der Waals surface area contributed by atoms with E-state index < -0.39 is 0 Å². The number of ether oxygens (including phenoxy) is 1. The maximum Gasteiger partial charge on any atom is 0.125 e. The smallest absolute Gasteiger partial charge is 0.125 e. The number of aldehydes is 1. The third-order valence-corrected chi connectivity index (χ3v) is 2.67. The minimum Gasteiger partial charge on any atom is -0.496 e. The Morgan fingerprint density at radius 3 is 2.73 bits per heavy atom. The molecule has 82 valence electrons. The van der Waals surface area contributed by atoms with Gasteiger partial charge in [0.05, 0.1) is 7.11 Å². The lowest BCUT2D eigenvalue weighted by Gasteiger charge is -2.16. The van der Waals surface area contributed by atoms with Crippen LogP contribution in [0, 0.1) is 6.92 Å². The summed E-state index contributed by atoms with van der Waals surface area (Å²) in [6.07, 6.45) is 1.40. The van der Waals surface area contributed by atoms with Crippen molar-refractivity contribution in [2.24, 2.45) is 0 Å². The summed E-state index contributed by atoms with van der Waals surface area (Å²) in [4.78, 5) is 10.5. The molecule has 1 rings (SSSR count). The Kier molecular flexibility index (Phi) is 4.15. The van der Waals surface area contributed by atoms with Crippen LogP contribution in [0.25, 0.3) is 0 Å². The predicted molar refractivity (Wildman–Crippen MR) is 61.8 cm³/mol. The third-order valence-electron chi connectivity index (χ3n) is 2.45. The highest BCUT2D eigenvalue weighted by molar-refractivity contribution is 6.30. The van der Waals surface area contributed by atoms with Crippen molar-refractivity contribution >= 4 is 17.9 Å². The summed E-state index contributed by atoms with van der Waals surface area (Å²) in [5.74, 6) is 0.962. The van der Waals surface area contributed by atoms with Crippen LogP contribution in [0.1, 0.15) is 30.4 Å². The van der Waals surface area contributed by atoms with Gasteiger partial charge in [-0.05, 0) is 36.1 Å². The monoisotopic (exact) mass is 226 g/mol. The molecule has 0 amide bonds. The van der Waals surface area contributed by atoms with E-state index in [1.165, 1.54) is 0 Å². The van der Waals surface area contributed by atoms with Crippen LogP contribution in [0.4, 0.5) is 0 Å². The molecule has 0 N–H and O–H groups in total. The highest BCUT2D eigenvalue weighted by Crippen LogP contribution is 2.33. The van der Waals surface area contributed by atoms with Gasteiger partial charge in [0.2, 0.25) is 0 Å². The van der Waals surface area contributed by atoms with E-state index in [1.54, 1.807) is 7.11 Å². The van der Waals surface area contributed by atoms with Gasteiger partial charge in [0, 0.05) is 11.4 Å². The Hall–Kier alpha value is -1.02. The van der Waals surface area contributed by atoms with Crippen molar-refractivity contribution in [3.05, 3.63) is 28.3 Å². The zero-order valence-corrected chi connectivity index (χ0v) is 9.97. The molecular weight excluding hydrogens is 212 g/mol. The summed E-state index contributed by atoms with van der Waals surface area (Å²) in [5.41, 5.74) is 1.99. The molecule has 0 radical (unpaired) electrons. The molecule has 1 aromatic rings. The summed E-state index contributed by atoms with van der Waals surface area (Å²) < 4.78 is 5.32. The van der Waals surface area contributed by atoms with E-state index >= 15 is 0 Å². The first-order valence-electron chi connectivity index (χ1n) is 4.87. The Morgan fingerprint density at radius 1 is 1.53 bits per heavy atom. The maximum absolute atomic E-state index is 10.5. The zero-order chi connectivity index (χ0) is 11.4. The van der Waals surface area contributed by atoms with Crippen molar-refractivity contribution in [2.75, 3.05) is 7.11 Å². The molecule has 0 fully saturated rings. The summed E-state index contributed by atoms with van der Waals surface area (Å²) in [6, 6.07) is 3.72. The minimum absolute atomic E-state index is 0.134. The normalized spacial score (nSPS) is 12.3. The predicted octanol–water partition coefficient (Wildman–Crippen LogP) is 3.35. The van der Waals surface area contributed by atoms with Gasteiger partial charge in [-0.2, -0.15) is 0 Å². The molecule has 0 saturated carbocycles. The number of methoxy groups -OCH3 is 1. The van der Waals surface area contributed by atoms with Gasteiger partial charge in [-0.1, -0.05) is 18.5 Å². The van der Waals surface area contributed by atoms with Crippen molar-refractivity contribution in [3.8, 4) is 5.75 Å². The summed E-state index contributed by atoms with van der Waals surface area (Å²) in [5, 5.41) is 0.682. The molecule has 0 saturated heterocycles. The topological polar surface area (TPSA) is 26.3 Å². The van der Waals surface area contributed by atoms with E-state index in [0.717, 1.165) is 23.2 Å². The minimum atomic E-state index is 0.134. The standard InChI is InChI=1S/C12H15ClO2/c1-8(4-5-14)11-7-10(13)6-9(2)12(11)15-3/h5-8H,4H2,1-3H3. The summed E-state index contributed by atoms with van der Waals surface area (Å²) in [6.45, 7) is 3.93. The van der Waals surface area contributed by atoms with Gasteiger partial charge in [-0.3, -0.25) is 0 Å². The lowest BCUT2D eigenvalue weighted by molar-refractivity contribution is -0.108. The first-order valence-corrected chi connectivity index (χ1v) is 5.25. The molecular formula is C12H15ClO2. The van der Waals surface area contributed by atoms with E-state index in [0.29, 0.717) is 11.4 Å². The highest BCUT2D eigenvalue weighted by atomic mass is 35.5. The Morgan fingerprint density at radius 2 is 2.20 bits per heavy atom. The number of halogens is 1. The maximum atomic E-state index is 10.5. The lowest BCUT2D eigenvalue weighted by Crippen LogP contribution is -2.00.